The van der Waals surface area contributed by atoms with E-state index in [4.69, 9.17) is 4.74 Å². The summed E-state index contributed by atoms with van der Waals surface area (Å²) in [7, 11) is 0. The van der Waals surface area contributed by atoms with E-state index in [1.54, 1.807) is 17.8 Å². The molecule has 0 saturated carbocycles. The first-order valence-corrected chi connectivity index (χ1v) is 8.02. The van der Waals surface area contributed by atoms with Crippen LogP contribution < -0.4 is 4.74 Å². The van der Waals surface area contributed by atoms with Gasteiger partial charge >= 0.3 is 0 Å². The number of thioether (sulfide) groups is 1. The van der Waals surface area contributed by atoms with Crippen LogP contribution >= 0.6 is 11.8 Å². The molecule has 2 aromatic rings. The number of fused-ring (bicyclic) bond motifs is 1. The van der Waals surface area contributed by atoms with Gasteiger partial charge in [0.05, 0.1) is 4.90 Å². The number of aromatic hydroxyl groups is 3. The third-order valence-electron chi connectivity index (χ3n) is 4.17. The molecule has 1 aliphatic heterocycles. The number of phenols is 3. The Morgan fingerprint density at radius 3 is 2.41 bits per heavy atom. The molecule has 2 aromatic carbocycles. The second-order valence-corrected chi connectivity index (χ2v) is 6.58. The molecule has 22 heavy (non-hydrogen) atoms. The van der Waals surface area contributed by atoms with E-state index in [0.717, 1.165) is 32.9 Å². The molecule has 5 heteroatoms. The molecule has 1 aliphatic rings. The van der Waals surface area contributed by atoms with Gasteiger partial charge in [-0.15, -0.1) is 11.8 Å². The SMILES string of the molecule is Cc1c(C)c2c(c(C)c1O)SCC(c1ccc(O)c(O)c1)O2. The quantitative estimate of drug-likeness (QED) is 0.694. The fourth-order valence-corrected chi connectivity index (χ4v) is 3.86. The van der Waals surface area contributed by atoms with Crippen LogP contribution in [0.2, 0.25) is 0 Å². The van der Waals surface area contributed by atoms with E-state index in [-0.39, 0.29) is 17.6 Å². The van der Waals surface area contributed by atoms with Gasteiger partial charge in [0, 0.05) is 11.3 Å². The lowest BCUT2D eigenvalue weighted by Gasteiger charge is -2.29. The number of rotatable bonds is 1. The summed E-state index contributed by atoms with van der Waals surface area (Å²) in [6.07, 6.45) is -0.203. The Morgan fingerprint density at radius 1 is 1.00 bits per heavy atom. The summed E-state index contributed by atoms with van der Waals surface area (Å²) in [6.45, 7) is 5.70. The van der Waals surface area contributed by atoms with E-state index < -0.39 is 0 Å². The normalized spacial score (nSPS) is 17.0. The lowest BCUT2D eigenvalue weighted by Crippen LogP contribution is -2.16. The van der Waals surface area contributed by atoms with Crippen molar-refractivity contribution in [3.8, 4) is 23.0 Å². The van der Waals surface area contributed by atoms with Crippen molar-refractivity contribution in [1.82, 2.24) is 0 Å². The van der Waals surface area contributed by atoms with Gasteiger partial charge in [0.25, 0.3) is 0 Å². The van der Waals surface area contributed by atoms with Crippen LogP contribution in [0.5, 0.6) is 23.0 Å². The van der Waals surface area contributed by atoms with Crippen LogP contribution in [0.1, 0.15) is 28.4 Å². The molecule has 1 unspecified atom stereocenters. The van der Waals surface area contributed by atoms with Gasteiger partial charge in [0.1, 0.15) is 17.6 Å². The number of ether oxygens (including phenoxy) is 1. The van der Waals surface area contributed by atoms with Crippen molar-refractivity contribution in [3.63, 3.8) is 0 Å². The van der Waals surface area contributed by atoms with Crippen LogP contribution in [-0.4, -0.2) is 21.1 Å². The zero-order chi connectivity index (χ0) is 16.0. The van der Waals surface area contributed by atoms with Crippen molar-refractivity contribution in [1.29, 1.82) is 0 Å². The van der Waals surface area contributed by atoms with Gasteiger partial charge in [0.15, 0.2) is 11.5 Å². The van der Waals surface area contributed by atoms with Gasteiger partial charge in [-0.05, 0) is 49.6 Å². The van der Waals surface area contributed by atoms with Crippen molar-refractivity contribution in [3.05, 3.63) is 40.5 Å². The topological polar surface area (TPSA) is 69.9 Å². The third-order valence-corrected chi connectivity index (χ3v) is 5.42. The van der Waals surface area contributed by atoms with Crippen molar-refractivity contribution in [2.24, 2.45) is 0 Å². The molecule has 3 N–H and O–H groups in total. The maximum Gasteiger partial charge on any atom is 0.157 e. The molecule has 1 atom stereocenters. The molecule has 0 amide bonds. The predicted octanol–water partition coefficient (Wildman–Crippen LogP) is 3.95. The van der Waals surface area contributed by atoms with Gasteiger partial charge < -0.3 is 20.1 Å². The highest BCUT2D eigenvalue weighted by Crippen LogP contribution is 2.48. The summed E-state index contributed by atoms with van der Waals surface area (Å²) in [5.41, 5.74) is 3.41. The molecule has 0 fully saturated rings. The minimum atomic E-state index is -0.203. The molecule has 0 spiro atoms. The highest BCUT2D eigenvalue weighted by molar-refractivity contribution is 7.99. The number of hydrogen-bond acceptors (Lipinski definition) is 5. The molecule has 0 saturated heterocycles. The molecular weight excluding hydrogens is 300 g/mol. The minimum Gasteiger partial charge on any atom is -0.507 e. The summed E-state index contributed by atoms with van der Waals surface area (Å²) in [6, 6.07) is 4.75. The van der Waals surface area contributed by atoms with Gasteiger partial charge in [-0.1, -0.05) is 6.07 Å². The molecule has 0 aliphatic carbocycles. The van der Waals surface area contributed by atoms with Crippen LogP contribution in [0.3, 0.4) is 0 Å². The molecule has 4 nitrogen and oxygen atoms in total. The molecule has 1 heterocycles. The van der Waals surface area contributed by atoms with Gasteiger partial charge in [-0.25, -0.2) is 0 Å². The largest absolute Gasteiger partial charge is 0.507 e. The molecule has 0 radical (unpaired) electrons. The molecule has 0 bridgehead atoms. The fraction of sp³-hybridized carbons (Fsp3) is 0.294. The van der Waals surface area contributed by atoms with E-state index in [2.05, 4.69) is 0 Å². The second kappa shape index (κ2) is 5.32. The zero-order valence-electron chi connectivity index (χ0n) is 12.7. The maximum atomic E-state index is 10.2. The highest BCUT2D eigenvalue weighted by Gasteiger charge is 2.28. The summed E-state index contributed by atoms with van der Waals surface area (Å²) in [5, 5.41) is 29.2. The Hall–Kier alpha value is -2.01. The summed E-state index contributed by atoms with van der Waals surface area (Å²) in [4.78, 5) is 0.972. The van der Waals surface area contributed by atoms with Crippen molar-refractivity contribution in [2.75, 3.05) is 5.75 Å². The number of phenolic OH excluding ortho intramolecular Hbond substituents is 3. The van der Waals surface area contributed by atoms with Crippen LogP contribution in [0.25, 0.3) is 0 Å². The predicted molar refractivity (Wildman–Crippen MR) is 86.2 cm³/mol. The van der Waals surface area contributed by atoms with E-state index >= 15 is 0 Å². The fourth-order valence-electron chi connectivity index (χ4n) is 2.63. The van der Waals surface area contributed by atoms with Crippen LogP contribution in [0.4, 0.5) is 0 Å². The first-order valence-electron chi connectivity index (χ1n) is 7.04. The minimum absolute atomic E-state index is 0.139. The van der Waals surface area contributed by atoms with Gasteiger partial charge in [-0.3, -0.25) is 0 Å². The average molecular weight is 318 g/mol. The monoisotopic (exact) mass is 318 g/mol. The van der Waals surface area contributed by atoms with E-state index in [1.165, 1.54) is 12.1 Å². The Bertz CT molecular complexity index is 755. The Labute approximate surface area is 133 Å². The molecule has 116 valence electrons. The molecular formula is C17H18O4S. The number of hydrogen-bond donors (Lipinski definition) is 3. The highest BCUT2D eigenvalue weighted by atomic mass is 32.2. The smallest absolute Gasteiger partial charge is 0.157 e. The maximum absolute atomic E-state index is 10.2. The van der Waals surface area contributed by atoms with Crippen molar-refractivity contribution < 1.29 is 20.1 Å². The van der Waals surface area contributed by atoms with E-state index in [1.807, 2.05) is 20.8 Å². The van der Waals surface area contributed by atoms with Gasteiger partial charge in [0.2, 0.25) is 0 Å². The molecule has 0 aromatic heterocycles. The summed E-state index contributed by atoms with van der Waals surface area (Å²) < 4.78 is 6.14. The van der Waals surface area contributed by atoms with Gasteiger partial charge in [-0.2, -0.15) is 0 Å². The Balaban J connectivity index is 2.02. The lowest BCUT2D eigenvalue weighted by atomic mass is 10.0. The standard InChI is InChI=1S/C17H18O4S/c1-8-9(2)16-17(10(3)15(8)20)22-7-14(21-16)11-4-5-12(18)13(19)6-11/h4-6,14,18-20H,7H2,1-3H3. The van der Waals surface area contributed by atoms with Crippen molar-refractivity contribution >= 4 is 11.8 Å². The third kappa shape index (κ3) is 2.25. The van der Waals surface area contributed by atoms with Crippen LogP contribution in [0, 0.1) is 20.8 Å². The first-order chi connectivity index (χ1) is 10.4. The average Bonchev–Trinajstić information content (AvgIpc) is 2.53. The zero-order valence-corrected chi connectivity index (χ0v) is 13.5. The van der Waals surface area contributed by atoms with Crippen molar-refractivity contribution in [2.45, 2.75) is 31.8 Å². The van der Waals surface area contributed by atoms with Crippen LogP contribution in [0.15, 0.2) is 23.1 Å². The Morgan fingerprint density at radius 2 is 1.73 bits per heavy atom. The first kappa shape index (κ1) is 14.9. The second-order valence-electron chi connectivity index (χ2n) is 5.55. The lowest BCUT2D eigenvalue weighted by molar-refractivity contribution is 0.217. The molecule has 3 rings (SSSR count). The van der Waals surface area contributed by atoms with E-state index in [9.17, 15) is 15.3 Å². The summed E-state index contributed by atoms with van der Waals surface area (Å²) in [5.74, 6) is 1.52. The van der Waals surface area contributed by atoms with Crippen LogP contribution in [-0.2, 0) is 0 Å². The van der Waals surface area contributed by atoms with E-state index in [0.29, 0.717) is 11.5 Å². The number of benzene rings is 2. The Kier molecular flexibility index (Phi) is 3.60. The summed E-state index contributed by atoms with van der Waals surface area (Å²) >= 11 is 1.64.